The van der Waals surface area contributed by atoms with Gasteiger partial charge in [0.15, 0.2) is 9.84 Å². The molecule has 2 unspecified atom stereocenters. The molecule has 0 spiro atoms. The van der Waals surface area contributed by atoms with Crippen molar-refractivity contribution in [3.63, 3.8) is 0 Å². The normalized spacial score (nSPS) is 26.1. The van der Waals surface area contributed by atoms with Crippen molar-refractivity contribution in [2.45, 2.75) is 30.3 Å². The molecule has 0 saturated carbocycles. The molecule has 1 saturated heterocycles. The van der Waals surface area contributed by atoms with Crippen LogP contribution >= 0.6 is 11.8 Å². The summed E-state index contributed by atoms with van der Waals surface area (Å²) in [5, 5.41) is 0.269. The van der Waals surface area contributed by atoms with Gasteiger partial charge in [-0.25, -0.2) is 8.42 Å². The molecule has 1 aliphatic rings. The summed E-state index contributed by atoms with van der Waals surface area (Å²) >= 11 is 1.57. The van der Waals surface area contributed by atoms with Crippen LogP contribution in [0.1, 0.15) is 19.8 Å². The van der Waals surface area contributed by atoms with Crippen LogP contribution in [0.4, 0.5) is 0 Å². The van der Waals surface area contributed by atoms with Crippen LogP contribution in [0.25, 0.3) is 0 Å². The Morgan fingerprint density at radius 2 is 2.27 bits per heavy atom. The van der Waals surface area contributed by atoms with Crippen molar-refractivity contribution in [3.05, 3.63) is 0 Å². The summed E-state index contributed by atoms with van der Waals surface area (Å²) in [7, 11) is -1.45. The lowest BCUT2D eigenvalue weighted by Gasteiger charge is -2.13. The molecule has 15 heavy (non-hydrogen) atoms. The summed E-state index contributed by atoms with van der Waals surface area (Å²) in [4.78, 5) is 11.0. The number of esters is 1. The summed E-state index contributed by atoms with van der Waals surface area (Å²) in [6.07, 6.45) is 1.05. The van der Waals surface area contributed by atoms with E-state index in [4.69, 9.17) is 0 Å². The van der Waals surface area contributed by atoms with Crippen LogP contribution in [-0.4, -0.2) is 43.5 Å². The van der Waals surface area contributed by atoms with Crippen LogP contribution in [0.5, 0.6) is 0 Å². The molecule has 4 nitrogen and oxygen atoms in total. The van der Waals surface area contributed by atoms with Crippen LogP contribution in [0.15, 0.2) is 0 Å². The second-order valence-electron chi connectivity index (χ2n) is 3.75. The van der Waals surface area contributed by atoms with Crippen LogP contribution < -0.4 is 0 Å². The predicted molar refractivity (Wildman–Crippen MR) is 60.7 cm³/mol. The van der Waals surface area contributed by atoms with Crippen molar-refractivity contribution in [1.82, 2.24) is 0 Å². The fourth-order valence-electron chi connectivity index (χ4n) is 1.56. The highest BCUT2D eigenvalue weighted by Gasteiger charge is 2.29. The van der Waals surface area contributed by atoms with E-state index in [0.29, 0.717) is 12.8 Å². The lowest BCUT2D eigenvalue weighted by molar-refractivity contribution is -0.140. The van der Waals surface area contributed by atoms with Gasteiger partial charge in [-0.05, 0) is 6.42 Å². The first-order valence-corrected chi connectivity index (χ1v) is 7.62. The van der Waals surface area contributed by atoms with Crippen molar-refractivity contribution in [1.29, 1.82) is 0 Å². The van der Waals surface area contributed by atoms with E-state index < -0.39 is 9.84 Å². The van der Waals surface area contributed by atoms with Crippen molar-refractivity contribution in [2.24, 2.45) is 0 Å². The third-order valence-corrected chi connectivity index (χ3v) is 5.69. The van der Waals surface area contributed by atoms with Crippen LogP contribution in [0.2, 0.25) is 0 Å². The first-order chi connectivity index (χ1) is 6.93. The zero-order chi connectivity index (χ0) is 11.5. The molecular formula is C9H16O4S2. The number of ether oxygens (including phenoxy) is 1. The van der Waals surface area contributed by atoms with Crippen molar-refractivity contribution < 1.29 is 17.9 Å². The second kappa shape index (κ2) is 5.21. The summed E-state index contributed by atoms with van der Waals surface area (Å²) in [5.74, 6) is 0.301. The molecule has 0 radical (unpaired) electrons. The molecule has 1 fully saturated rings. The summed E-state index contributed by atoms with van der Waals surface area (Å²) in [5.41, 5.74) is 0. The molecule has 88 valence electrons. The van der Waals surface area contributed by atoms with E-state index in [-0.39, 0.29) is 28.0 Å². The molecule has 6 heteroatoms. The summed E-state index contributed by atoms with van der Waals surface area (Å²) in [6, 6.07) is 0. The highest BCUT2D eigenvalue weighted by molar-refractivity contribution is 8.02. The number of hydrogen-bond donors (Lipinski definition) is 0. The molecule has 1 aliphatic heterocycles. The van der Waals surface area contributed by atoms with Gasteiger partial charge < -0.3 is 4.74 Å². The first kappa shape index (κ1) is 12.8. The number of rotatable bonds is 4. The summed E-state index contributed by atoms with van der Waals surface area (Å²) in [6.45, 7) is 1.92. The maximum absolute atomic E-state index is 11.2. The zero-order valence-electron chi connectivity index (χ0n) is 8.93. The number of carbonyl (C=O) groups is 1. The molecule has 0 bridgehead atoms. The van der Waals surface area contributed by atoms with Gasteiger partial charge in [-0.2, -0.15) is 11.8 Å². The summed E-state index contributed by atoms with van der Waals surface area (Å²) < 4.78 is 26.9. The van der Waals surface area contributed by atoms with Gasteiger partial charge >= 0.3 is 5.97 Å². The molecular weight excluding hydrogens is 236 g/mol. The lowest BCUT2D eigenvalue weighted by atomic mass is 10.3. The van der Waals surface area contributed by atoms with E-state index in [1.807, 2.05) is 6.92 Å². The van der Waals surface area contributed by atoms with E-state index in [0.717, 1.165) is 0 Å². The first-order valence-electron chi connectivity index (χ1n) is 4.85. The van der Waals surface area contributed by atoms with Crippen molar-refractivity contribution in [3.8, 4) is 0 Å². The zero-order valence-corrected chi connectivity index (χ0v) is 10.6. The Morgan fingerprint density at radius 1 is 1.60 bits per heavy atom. The predicted octanol–water partition coefficient (Wildman–Crippen LogP) is 0.858. The minimum atomic E-state index is -2.81. The number of carbonyl (C=O) groups excluding carboxylic acids is 1. The van der Waals surface area contributed by atoms with Gasteiger partial charge in [0.05, 0.1) is 25.0 Å². The Balaban J connectivity index is 2.33. The van der Waals surface area contributed by atoms with Crippen molar-refractivity contribution >= 4 is 27.6 Å². The fourth-order valence-corrected chi connectivity index (χ4v) is 5.34. The average Bonchev–Trinajstić information content (AvgIpc) is 2.44. The minimum Gasteiger partial charge on any atom is -0.469 e. The van der Waals surface area contributed by atoms with Crippen LogP contribution in [0, 0.1) is 0 Å². The number of thioether (sulfide) groups is 1. The van der Waals surface area contributed by atoms with E-state index >= 15 is 0 Å². The third-order valence-electron chi connectivity index (χ3n) is 2.30. The largest absolute Gasteiger partial charge is 0.469 e. The maximum atomic E-state index is 11.2. The topological polar surface area (TPSA) is 60.4 Å². The quantitative estimate of drug-likeness (QED) is 0.694. The third kappa shape index (κ3) is 4.42. The Bertz CT molecular complexity index is 323. The van der Waals surface area contributed by atoms with Gasteiger partial charge in [-0.1, -0.05) is 6.92 Å². The van der Waals surface area contributed by atoms with Gasteiger partial charge in [0.2, 0.25) is 0 Å². The van der Waals surface area contributed by atoms with E-state index in [1.165, 1.54) is 7.11 Å². The van der Waals surface area contributed by atoms with Crippen molar-refractivity contribution in [2.75, 3.05) is 18.6 Å². The SMILES string of the molecule is COC(=O)CC(C)SC1CCS(=O)(=O)C1. The smallest absolute Gasteiger partial charge is 0.306 e. The van der Waals surface area contributed by atoms with Crippen LogP contribution in [0.3, 0.4) is 0 Å². The molecule has 0 aromatic carbocycles. The fraction of sp³-hybridized carbons (Fsp3) is 0.889. The van der Waals surface area contributed by atoms with Gasteiger partial charge in [0.25, 0.3) is 0 Å². The molecule has 0 amide bonds. The number of hydrogen-bond acceptors (Lipinski definition) is 5. The van der Waals surface area contributed by atoms with Gasteiger partial charge in [0, 0.05) is 10.5 Å². The molecule has 1 rings (SSSR count). The van der Waals surface area contributed by atoms with Gasteiger partial charge in [0.1, 0.15) is 0 Å². The Kier molecular flexibility index (Phi) is 4.45. The Labute approximate surface area is 94.7 Å². The molecule has 1 heterocycles. The average molecular weight is 252 g/mol. The number of methoxy groups -OCH3 is 1. The number of sulfone groups is 1. The van der Waals surface area contributed by atoms with E-state index in [1.54, 1.807) is 11.8 Å². The molecule has 0 N–H and O–H groups in total. The highest BCUT2D eigenvalue weighted by Crippen LogP contribution is 2.29. The Hall–Kier alpha value is -0.230. The van der Waals surface area contributed by atoms with Crippen LogP contribution in [-0.2, 0) is 19.4 Å². The minimum absolute atomic E-state index is 0.121. The molecule has 2 atom stereocenters. The van der Waals surface area contributed by atoms with Gasteiger partial charge in [-0.15, -0.1) is 0 Å². The maximum Gasteiger partial charge on any atom is 0.306 e. The molecule has 0 aliphatic carbocycles. The molecule has 0 aromatic heterocycles. The molecule has 0 aromatic rings. The van der Waals surface area contributed by atoms with E-state index in [9.17, 15) is 13.2 Å². The highest BCUT2D eigenvalue weighted by atomic mass is 32.2. The second-order valence-corrected chi connectivity index (χ2v) is 7.72. The van der Waals surface area contributed by atoms with Gasteiger partial charge in [-0.3, -0.25) is 4.79 Å². The lowest BCUT2D eigenvalue weighted by Crippen LogP contribution is -2.14. The van der Waals surface area contributed by atoms with E-state index in [2.05, 4.69) is 4.74 Å². The standard InChI is InChI=1S/C9H16O4S2/c1-7(5-9(10)13-2)14-8-3-4-15(11,12)6-8/h7-8H,3-6H2,1-2H3. The Morgan fingerprint density at radius 3 is 2.73 bits per heavy atom. The monoisotopic (exact) mass is 252 g/mol.